The van der Waals surface area contributed by atoms with Crippen LogP contribution in [0.2, 0.25) is 0 Å². The van der Waals surface area contributed by atoms with Crippen molar-refractivity contribution in [2.45, 2.75) is 111 Å². The maximum atomic E-state index is 8.23. The molecule has 0 aromatic heterocycles. The number of rotatable bonds is 12. The SMILES string of the molecule is CCCC(=N)C(CCC)=NC(C)(C)CCOC(C)(C)CC(C)(C)N. The molecule has 0 spiro atoms. The average molecular weight is 340 g/mol. The van der Waals surface area contributed by atoms with E-state index >= 15 is 0 Å². The van der Waals surface area contributed by atoms with E-state index in [1.165, 1.54) is 0 Å². The Morgan fingerprint density at radius 3 is 2.00 bits per heavy atom. The third-order valence-electron chi connectivity index (χ3n) is 3.86. The minimum atomic E-state index is -0.237. The zero-order valence-electron chi connectivity index (χ0n) is 17.4. The lowest BCUT2D eigenvalue weighted by molar-refractivity contribution is -0.0395. The molecule has 0 heterocycles. The van der Waals surface area contributed by atoms with Gasteiger partial charge in [0.1, 0.15) is 0 Å². The van der Waals surface area contributed by atoms with Crippen LogP contribution in [0.1, 0.15) is 93.9 Å². The Hall–Kier alpha value is -0.740. The van der Waals surface area contributed by atoms with Gasteiger partial charge in [0.2, 0.25) is 0 Å². The van der Waals surface area contributed by atoms with Crippen molar-refractivity contribution >= 4 is 11.4 Å². The summed E-state index contributed by atoms with van der Waals surface area (Å²) in [5, 5.41) is 8.23. The summed E-state index contributed by atoms with van der Waals surface area (Å²) in [5.74, 6) is 0. The van der Waals surface area contributed by atoms with Crippen molar-refractivity contribution in [2.75, 3.05) is 6.61 Å². The summed E-state index contributed by atoms with van der Waals surface area (Å²) >= 11 is 0. The average Bonchev–Trinajstić information content (AvgIpc) is 2.34. The standard InChI is InChI=1S/C20H41N3O/c1-9-11-16(21)17(12-10-2)23-19(5,6)13-14-24-20(7,8)15-18(3,4)22/h21H,9-15,22H2,1-8H3. The van der Waals surface area contributed by atoms with Crippen LogP contribution >= 0.6 is 0 Å². The third-order valence-corrected chi connectivity index (χ3v) is 3.86. The summed E-state index contributed by atoms with van der Waals surface area (Å²) in [5.41, 5.74) is 7.09. The van der Waals surface area contributed by atoms with Crippen LogP contribution in [0.25, 0.3) is 0 Å². The Morgan fingerprint density at radius 1 is 1.00 bits per heavy atom. The number of ether oxygens (including phenoxy) is 1. The van der Waals surface area contributed by atoms with Crippen molar-refractivity contribution in [3.05, 3.63) is 0 Å². The zero-order chi connectivity index (χ0) is 19.0. The van der Waals surface area contributed by atoms with Gasteiger partial charge in [-0.3, -0.25) is 4.99 Å². The van der Waals surface area contributed by atoms with E-state index in [1.54, 1.807) is 0 Å². The number of nitrogens with two attached hydrogens (primary N) is 1. The van der Waals surface area contributed by atoms with Crippen molar-refractivity contribution < 1.29 is 4.74 Å². The molecule has 0 atom stereocenters. The number of hydrogen-bond acceptors (Lipinski definition) is 4. The van der Waals surface area contributed by atoms with Gasteiger partial charge in [0.05, 0.1) is 22.6 Å². The van der Waals surface area contributed by atoms with Gasteiger partial charge in [0, 0.05) is 12.1 Å². The maximum absolute atomic E-state index is 8.23. The molecule has 0 bridgehead atoms. The van der Waals surface area contributed by atoms with Gasteiger partial charge >= 0.3 is 0 Å². The van der Waals surface area contributed by atoms with Crippen molar-refractivity contribution in [3.63, 3.8) is 0 Å². The second kappa shape index (κ2) is 9.67. The van der Waals surface area contributed by atoms with E-state index in [1.807, 2.05) is 13.8 Å². The minimum absolute atomic E-state index is 0.209. The Balaban J connectivity index is 4.76. The molecule has 0 aliphatic carbocycles. The summed E-state index contributed by atoms with van der Waals surface area (Å²) < 4.78 is 6.09. The Kier molecular flexibility index (Phi) is 9.37. The van der Waals surface area contributed by atoms with Crippen LogP contribution in [0, 0.1) is 5.41 Å². The van der Waals surface area contributed by atoms with E-state index in [0.29, 0.717) is 12.3 Å². The molecule has 0 aliphatic heterocycles. The highest BCUT2D eigenvalue weighted by Crippen LogP contribution is 2.24. The predicted octanol–water partition coefficient (Wildman–Crippen LogP) is 5.14. The first-order valence-electron chi connectivity index (χ1n) is 9.41. The van der Waals surface area contributed by atoms with Gasteiger partial charge < -0.3 is 15.9 Å². The smallest absolute Gasteiger partial charge is 0.0643 e. The van der Waals surface area contributed by atoms with Crippen LogP contribution in [0.4, 0.5) is 0 Å². The predicted molar refractivity (Wildman–Crippen MR) is 107 cm³/mol. The van der Waals surface area contributed by atoms with Crippen molar-refractivity contribution in [1.82, 2.24) is 0 Å². The second-order valence-electron chi connectivity index (χ2n) is 8.87. The topological polar surface area (TPSA) is 71.5 Å². The molecule has 24 heavy (non-hydrogen) atoms. The van der Waals surface area contributed by atoms with Gasteiger partial charge in [-0.05, 0) is 67.2 Å². The molecule has 4 heteroatoms. The van der Waals surface area contributed by atoms with Crippen LogP contribution in [0.5, 0.6) is 0 Å². The molecule has 4 nitrogen and oxygen atoms in total. The van der Waals surface area contributed by atoms with Gasteiger partial charge in [0.15, 0.2) is 0 Å². The lowest BCUT2D eigenvalue weighted by Crippen LogP contribution is -2.42. The fourth-order valence-electron chi connectivity index (χ4n) is 3.05. The Bertz CT molecular complexity index is 417. The summed E-state index contributed by atoms with van der Waals surface area (Å²) in [6.07, 6.45) is 5.37. The number of nitrogens with one attached hydrogen (secondary N) is 1. The molecule has 0 aromatic rings. The molecule has 0 aliphatic rings. The van der Waals surface area contributed by atoms with Gasteiger partial charge in [-0.15, -0.1) is 0 Å². The van der Waals surface area contributed by atoms with Crippen molar-refractivity contribution in [2.24, 2.45) is 10.7 Å². The lowest BCUT2D eigenvalue weighted by Gasteiger charge is -2.33. The van der Waals surface area contributed by atoms with E-state index in [4.69, 9.17) is 20.9 Å². The highest BCUT2D eigenvalue weighted by atomic mass is 16.5. The number of aliphatic imine (C=N–C) groups is 1. The summed E-state index contributed by atoms with van der Waals surface area (Å²) in [7, 11) is 0. The quantitative estimate of drug-likeness (QED) is 0.483. The maximum Gasteiger partial charge on any atom is 0.0643 e. The van der Waals surface area contributed by atoms with E-state index < -0.39 is 0 Å². The fourth-order valence-corrected chi connectivity index (χ4v) is 3.05. The Labute approximate surface area is 150 Å². The van der Waals surface area contributed by atoms with E-state index in [2.05, 4.69) is 41.5 Å². The van der Waals surface area contributed by atoms with Crippen LogP contribution in [-0.2, 0) is 4.74 Å². The molecule has 0 saturated heterocycles. The molecule has 0 fully saturated rings. The van der Waals surface area contributed by atoms with Crippen LogP contribution in [0.15, 0.2) is 4.99 Å². The molecule has 0 unspecified atom stereocenters. The number of nitrogens with zero attached hydrogens (tertiary/aromatic N) is 1. The van der Waals surface area contributed by atoms with E-state index in [-0.39, 0.29) is 16.7 Å². The summed E-state index contributed by atoms with van der Waals surface area (Å²) in [4.78, 5) is 4.90. The second-order valence-corrected chi connectivity index (χ2v) is 8.87. The highest BCUT2D eigenvalue weighted by molar-refractivity contribution is 6.41. The molecular formula is C20H41N3O. The Morgan fingerprint density at radius 2 is 1.54 bits per heavy atom. The van der Waals surface area contributed by atoms with Crippen LogP contribution < -0.4 is 5.73 Å². The summed E-state index contributed by atoms with van der Waals surface area (Å²) in [6.45, 7) is 17.4. The van der Waals surface area contributed by atoms with Crippen molar-refractivity contribution in [1.29, 1.82) is 5.41 Å². The number of hydrogen-bond donors (Lipinski definition) is 2. The molecule has 0 saturated carbocycles. The first-order valence-corrected chi connectivity index (χ1v) is 9.41. The first-order chi connectivity index (χ1) is 10.8. The molecule has 142 valence electrons. The lowest BCUT2D eigenvalue weighted by atomic mass is 9.90. The molecule has 0 radical (unpaired) electrons. The fraction of sp³-hybridized carbons (Fsp3) is 0.900. The molecule has 3 N–H and O–H groups in total. The van der Waals surface area contributed by atoms with E-state index in [9.17, 15) is 0 Å². The molecule has 0 aromatic carbocycles. The zero-order valence-corrected chi connectivity index (χ0v) is 17.4. The van der Waals surface area contributed by atoms with Crippen LogP contribution in [-0.4, -0.2) is 34.7 Å². The summed E-state index contributed by atoms with van der Waals surface area (Å²) in [6, 6.07) is 0. The normalized spacial score (nSPS) is 14.1. The van der Waals surface area contributed by atoms with Gasteiger partial charge in [-0.1, -0.05) is 26.7 Å². The molecular weight excluding hydrogens is 298 g/mol. The highest BCUT2D eigenvalue weighted by Gasteiger charge is 2.27. The minimum Gasteiger partial charge on any atom is -0.375 e. The largest absolute Gasteiger partial charge is 0.375 e. The van der Waals surface area contributed by atoms with Gasteiger partial charge in [-0.2, -0.15) is 0 Å². The van der Waals surface area contributed by atoms with Gasteiger partial charge in [-0.25, -0.2) is 0 Å². The molecule has 0 rings (SSSR count). The first kappa shape index (κ1) is 23.3. The van der Waals surface area contributed by atoms with Crippen LogP contribution in [0.3, 0.4) is 0 Å². The molecule has 0 amide bonds. The third kappa shape index (κ3) is 10.9. The van der Waals surface area contributed by atoms with Gasteiger partial charge in [0.25, 0.3) is 0 Å². The monoisotopic (exact) mass is 339 g/mol. The van der Waals surface area contributed by atoms with E-state index in [0.717, 1.165) is 44.2 Å². The van der Waals surface area contributed by atoms with Crippen molar-refractivity contribution in [3.8, 4) is 0 Å².